The zero-order valence-corrected chi connectivity index (χ0v) is 10.1. The average molecular weight is 240 g/mol. The lowest BCUT2D eigenvalue weighted by atomic mass is 10.0. The van der Waals surface area contributed by atoms with E-state index in [0.29, 0.717) is 5.56 Å². The van der Waals surface area contributed by atoms with Gasteiger partial charge in [-0.15, -0.1) is 0 Å². The average Bonchev–Trinajstić information content (AvgIpc) is 2.39. The number of nitrogens with one attached hydrogen (secondary N) is 1. The lowest BCUT2D eigenvalue weighted by Gasteiger charge is -2.06. The Hall–Kier alpha value is -2.18. The number of nitrogens with zero attached hydrogens (tertiary/aromatic N) is 1. The van der Waals surface area contributed by atoms with Crippen molar-refractivity contribution in [1.82, 2.24) is 5.32 Å². The molecule has 0 aliphatic carbocycles. The van der Waals surface area contributed by atoms with Gasteiger partial charge in [0, 0.05) is 6.54 Å². The lowest BCUT2D eigenvalue weighted by molar-refractivity contribution is 0.628. The van der Waals surface area contributed by atoms with Gasteiger partial charge in [0.15, 0.2) is 0 Å². The third kappa shape index (κ3) is 2.73. The number of halogens is 1. The van der Waals surface area contributed by atoms with Gasteiger partial charge < -0.3 is 5.32 Å². The van der Waals surface area contributed by atoms with E-state index in [2.05, 4.69) is 5.32 Å². The van der Waals surface area contributed by atoms with E-state index in [1.165, 1.54) is 12.1 Å². The summed E-state index contributed by atoms with van der Waals surface area (Å²) in [5.41, 5.74) is 3.10. The molecule has 2 rings (SSSR count). The number of rotatable bonds is 3. The van der Waals surface area contributed by atoms with Gasteiger partial charge in [0.2, 0.25) is 0 Å². The second kappa shape index (κ2) is 5.44. The lowest BCUT2D eigenvalue weighted by Crippen LogP contribution is -2.04. The molecule has 3 heteroatoms. The van der Waals surface area contributed by atoms with Gasteiger partial charge in [-0.2, -0.15) is 5.26 Å². The molecule has 90 valence electrons. The quantitative estimate of drug-likeness (QED) is 0.894. The Labute approximate surface area is 106 Å². The first kappa shape index (κ1) is 12.3. The van der Waals surface area contributed by atoms with E-state index in [4.69, 9.17) is 5.26 Å². The first-order valence-electron chi connectivity index (χ1n) is 5.67. The van der Waals surface area contributed by atoms with Crippen molar-refractivity contribution < 1.29 is 4.39 Å². The normalized spacial score (nSPS) is 10.1. The Bertz CT molecular complexity index is 600. The van der Waals surface area contributed by atoms with Crippen LogP contribution in [-0.4, -0.2) is 7.05 Å². The summed E-state index contributed by atoms with van der Waals surface area (Å²) >= 11 is 0. The van der Waals surface area contributed by atoms with Crippen LogP contribution in [0.5, 0.6) is 0 Å². The second-order valence-corrected chi connectivity index (χ2v) is 4.07. The van der Waals surface area contributed by atoms with Crippen molar-refractivity contribution in [3.05, 3.63) is 59.4 Å². The Kier molecular flexibility index (Phi) is 3.71. The van der Waals surface area contributed by atoms with E-state index in [1.807, 2.05) is 37.4 Å². The van der Waals surface area contributed by atoms with Crippen LogP contribution in [0.4, 0.5) is 4.39 Å². The van der Waals surface area contributed by atoms with Crippen molar-refractivity contribution in [3.63, 3.8) is 0 Å². The summed E-state index contributed by atoms with van der Waals surface area (Å²) in [7, 11) is 1.88. The van der Waals surface area contributed by atoms with Gasteiger partial charge in [-0.3, -0.25) is 0 Å². The minimum Gasteiger partial charge on any atom is -0.316 e. The van der Waals surface area contributed by atoms with Gasteiger partial charge in [-0.25, -0.2) is 4.39 Å². The van der Waals surface area contributed by atoms with Crippen LogP contribution in [-0.2, 0) is 6.54 Å². The number of hydrogen-bond donors (Lipinski definition) is 1. The van der Waals surface area contributed by atoms with E-state index in [-0.39, 0.29) is 5.82 Å². The molecule has 0 saturated carbocycles. The number of nitriles is 1. The Morgan fingerprint density at radius 1 is 1.17 bits per heavy atom. The van der Waals surface area contributed by atoms with Crippen LogP contribution >= 0.6 is 0 Å². The summed E-state index contributed by atoms with van der Waals surface area (Å²) < 4.78 is 13.4. The highest BCUT2D eigenvalue weighted by molar-refractivity contribution is 5.66. The van der Waals surface area contributed by atoms with Crippen LogP contribution in [0.25, 0.3) is 11.1 Å². The molecule has 0 atom stereocenters. The predicted molar refractivity (Wildman–Crippen MR) is 69.3 cm³/mol. The summed E-state index contributed by atoms with van der Waals surface area (Å²) in [4.78, 5) is 0. The van der Waals surface area contributed by atoms with Crippen molar-refractivity contribution in [2.75, 3.05) is 7.05 Å². The maximum atomic E-state index is 13.4. The summed E-state index contributed by atoms with van der Waals surface area (Å²) in [6.07, 6.45) is 0. The van der Waals surface area contributed by atoms with Crippen molar-refractivity contribution in [3.8, 4) is 17.2 Å². The molecule has 0 amide bonds. The molecule has 0 fully saturated rings. The van der Waals surface area contributed by atoms with E-state index in [0.717, 1.165) is 23.2 Å². The zero-order valence-electron chi connectivity index (χ0n) is 10.1. The molecule has 2 aromatic rings. The van der Waals surface area contributed by atoms with Crippen LogP contribution in [0.2, 0.25) is 0 Å². The van der Waals surface area contributed by atoms with Gasteiger partial charge in [0.05, 0.1) is 11.6 Å². The third-order valence-electron chi connectivity index (χ3n) is 2.67. The molecule has 2 nitrogen and oxygen atoms in total. The standard InChI is InChI=1S/C15H13FN2/c1-18-10-11-3-2-4-13(5-11)14-6-12(9-17)7-15(16)8-14/h2-8,18H,10H2,1H3. The van der Waals surface area contributed by atoms with Gasteiger partial charge in [0.25, 0.3) is 0 Å². The van der Waals surface area contributed by atoms with E-state index in [1.54, 1.807) is 6.07 Å². The van der Waals surface area contributed by atoms with Crippen molar-refractivity contribution >= 4 is 0 Å². The maximum absolute atomic E-state index is 13.4. The molecular formula is C15H13FN2. The smallest absolute Gasteiger partial charge is 0.125 e. The first-order valence-corrected chi connectivity index (χ1v) is 5.67. The highest BCUT2D eigenvalue weighted by Gasteiger charge is 2.03. The van der Waals surface area contributed by atoms with Gasteiger partial charge in [-0.05, 0) is 48.0 Å². The Balaban J connectivity index is 2.45. The number of hydrogen-bond acceptors (Lipinski definition) is 2. The van der Waals surface area contributed by atoms with Crippen molar-refractivity contribution in [2.45, 2.75) is 6.54 Å². The largest absolute Gasteiger partial charge is 0.316 e. The van der Waals surface area contributed by atoms with Crippen LogP contribution < -0.4 is 5.32 Å². The fraction of sp³-hybridized carbons (Fsp3) is 0.133. The van der Waals surface area contributed by atoms with Crippen molar-refractivity contribution in [2.24, 2.45) is 0 Å². The molecule has 0 saturated heterocycles. The maximum Gasteiger partial charge on any atom is 0.125 e. The number of benzene rings is 2. The van der Waals surface area contributed by atoms with E-state index >= 15 is 0 Å². The molecular weight excluding hydrogens is 227 g/mol. The molecule has 0 radical (unpaired) electrons. The monoisotopic (exact) mass is 240 g/mol. The highest BCUT2D eigenvalue weighted by atomic mass is 19.1. The fourth-order valence-corrected chi connectivity index (χ4v) is 1.89. The molecule has 0 aliphatic rings. The van der Waals surface area contributed by atoms with Crippen LogP contribution in [0, 0.1) is 17.1 Å². The van der Waals surface area contributed by atoms with Crippen LogP contribution in [0.1, 0.15) is 11.1 Å². The summed E-state index contributed by atoms with van der Waals surface area (Å²) in [5, 5.41) is 11.9. The van der Waals surface area contributed by atoms with E-state index < -0.39 is 0 Å². The summed E-state index contributed by atoms with van der Waals surface area (Å²) in [5.74, 6) is -0.386. The minimum atomic E-state index is -0.386. The molecule has 0 aliphatic heterocycles. The predicted octanol–water partition coefficient (Wildman–Crippen LogP) is 3.08. The molecule has 1 N–H and O–H groups in total. The first-order chi connectivity index (χ1) is 8.72. The summed E-state index contributed by atoms with van der Waals surface area (Å²) in [6.45, 7) is 0.758. The highest BCUT2D eigenvalue weighted by Crippen LogP contribution is 2.22. The van der Waals surface area contributed by atoms with Crippen molar-refractivity contribution in [1.29, 1.82) is 5.26 Å². The summed E-state index contributed by atoms with van der Waals surface area (Å²) in [6, 6.07) is 14.2. The second-order valence-electron chi connectivity index (χ2n) is 4.07. The molecule has 0 spiro atoms. The van der Waals surface area contributed by atoms with Gasteiger partial charge in [-0.1, -0.05) is 18.2 Å². The molecule has 2 aromatic carbocycles. The fourth-order valence-electron chi connectivity index (χ4n) is 1.89. The topological polar surface area (TPSA) is 35.8 Å². The molecule has 0 bridgehead atoms. The zero-order chi connectivity index (χ0) is 13.0. The molecule has 0 heterocycles. The van der Waals surface area contributed by atoms with Gasteiger partial charge >= 0.3 is 0 Å². The SMILES string of the molecule is CNCc1cccc(-c2cc(F)cc(C#N)c2)c1. The molecule has 0 unspecified atom stereocenters. The van der Waals surface area contributed by atoms with Crippen LogP contribution in [0.15, 0.2) is 42.5 Å². The molecule has 18 heavy (non-hydrogen) atoms. The van der Waals surface area contributed by atoms with Crippen LogP contribution in [0.3, 0.4) is 0 Å². The van der Waals surface area contributed by atoms with Gasteiger partial charge in [0.1, 0.15) is 5.82 Å². The van der Waals surface area contributed by atoms with E-state index in [9.17, 15) is 4.39 Å². The Morgan fingerprint density at radius 2 is 2.00 bits per heavy atom. The minimum absolute atomic E-state index is 0.337. The third-order valence-corrected chi connectivity index (χ3v) is 2.67. The Morgan fingerprint density at radius 3 is 2.72 bits per heavy atom. The molecule has 0 aromatic heterocycles.